The number of carbonyl (C=O) groups is 1. The van der Waals surface area contributed by atoms with E-state index in [4.69, 9.17) is 20.9 Å². The molecule has 0 N–H and O–H groups in total. The van der Waals surface area contributed by atoms with Gasteiger partial charge in [-0.05, 0) is 69.9 Å². The van der Waals surface area contributed by atoms with E-state index in [-0.39, 0.29) is 17.6 Å². The summed E-state index contributed by atoms with van der Waals surface area (Å²) in [6, 6.07) is 17.8. The topological polar surface area (TPSA) is 68.5 Å². The molecule has 1 aromatic heterocycles. The summed E-state index contributed by atoms with van der Waals surface area (Å²) < 4.78 is 11.4. The molecule has 5 rings (SSSR count). The second-order valence-electron chi connectivity index (χ2n) is 10.1. The fraction of sp³-hybridized carbons (Fsp3) is 0.423. The molecule has 0 spiro atoms. The molecule has 2 saturated carbocycles. The summed E-state index contributed by atoms with van der Waals surface area (Å²) >= 11 is 6.00. The van der Waals surface area contributed by atoms with Gasteiger partial charge in [-0.15, -0.1) is 0 Å². The smallest absolute Gasteiger partial charge is 0.410 e. The minimum absolute atomic E-state index is 0.113. The number of ether oxygens (including phenoxy) is 1. The Bertz CT molecular complexity index is 1130. The highest BCUT2D eigenvalue weighted by Crippen LogP contribution is 2.52. The van der Waals surface area contributed by atoms with Crippen LogP contribution in [0.4, 0.5) is 4.79 Å². The molecule has 172 valence electrons. The van der Waals surface area contributed by atoms with Crippen molar-refractivity contribution in [1.29, 1.82) is 0 Å². The highest BCUT2D eigenvalue weighted by atomic mass is 35.5. The maximum Gasteiger partial charge on any atom is 0.410 e. The lowest BCUT2D eigenvalue weighted by atomic mass is 10.1. The zero-order chi connectivity index (χ0) is 23.2. The number of hydrogen-bond donors (Lipinski definition) is 0. The highest BCUT2D eigenvalue weighted by molar-refractivity contribution is 6.30. The van der Waals surface area contributed by atoms with Crippen molar-refractivity contribution in [2.75, 3.05) is 6.54 Å². The predicted octanol–water partition coefficient (Wildman–Crippen LogP) is 6.21. The van der Waals surface area contributed by atoms with E-state index in [0.29, 0.717) is 29.2 Å². The number of nitrogens with zero attached hydrogens (tertiary/aromatic N) is 3. The van der Waals surface area contributed by atoms with Crippen molar-refractivity contribution in [3.63, 3.8) is 0 Å². The first-order chi connectivity index (χ1) is 15.7. The number of hydrogen-bond acceptors (Lipinski definition) is 5. The first-order valence-electron chi connectivity index (χ1n) is 11.4. The van der Waals surface area contributed by atoms with Crippen molar-refractivity contribution in [2.45, 2.75) is 63.0 Å². The molecule has 2 fully saturated rings. The van der Waals surface area contributed by atoms with E-state index in [9.17, 15) is 4.79 Å². The van der Waals surface area contributed by atoms with E-state index < -0.39 is 5.60 Å². The van der Waals surface area contributed by atoms with Crippen LogP contribution in [0.3, 0.4) is 0 Å². The summed E-state index contributed by atoms with van der Waals surface area (Å²) in [5.74, 6) is 1.44. The summed E-state index contributed by atoms with van der Waals surface area (Å²) in [4.78, 5) is 19.8. The fourth-order valence-electron chi connectivity index (χ4n) is 4.30. The van der Waals surface area contributed by atoms with Crippen molar-refractivity contribution in [3.8, 4) is 11.5 Å². The molecule has 6 nitrogen and oxygen atoms in total. The lowest BCUT2D eigenvalue weighted by Gasteiger charge is -2.30. The zero-order valence-electron chi connectivity index (χ0n) is 19.1. The van der Waals surface area contributed by atoms with E-state index in [0.717, 1.165) is 24.8 Å². The Morgan fingerprint density at radius 1 is 1.15 bits per heavy atom. The van der Waals surface area contributed by atoms with E-state index in [2.05, 4.69) is 22.3 Å². The number of carbonyl (C=O) groups excluding carboxylic acids is 1. The van der Waals surface area contributed by atoms with Gasteiger partial charge < -0.3 is 14.2 Å². The minimum Gasteiger partial charge on any atom is -0.444 e. The molecule has 3 aromatic rings. The molecule has 0 radical (unpaired) electrons. The van der Waals surface area contributed by atoms with E-state index >= 15 is 0 Å². The summed E-state index contributed by atoms with van der Waals surface area (Å²) in [7, 11) is 0. The van der Waals surface area contributed by atoms with Gasteiger partial charge in [0.15, 0.2) is 5.82 Å². The Hall–Kier alpha value is -2.86. The van der Waals surface area contributed by atoms with E-state index in [1.807, 2.05) is 56.0 Å². The van der Waals surface area contributed by atoms with Crippen LogP contribution < -0.4 is 0 Å². The third-order valence-electron chi connectivity index (χ3n) is 6.33. The third-order valence-corrected chi connectivity index (χ3v) is 6.58. The first-order valence-corrected chi connectivity index (χ1v) is 11.8. The molecular formula is C26H28ClN3O3. The summed E-state index contributed by atoms with van der Waals surface area (Å²) in [5, 5.41) is 4.95. The lowest BCUT2D eigenvalue weighted by molar-refractivity contribution is 0.0208. The Morgan fingerprint density at radius 2 is 1.85 bits per heavy atom. The van der Waals surface area contributed by atoms with Crippen LogP contribution in [0.25, 0.3) is 11.5 Å². The number of rotatable bonds is 6. The van der Waals surface area contributed by atoms with Gasteiger partial charge in [-0.2, -0.15) is 4.98 Å². The van der Waals surface area contributed by atoms with Crippen LogP contribution in [0.5, 0.6) is 0 Å². The van der Waals surface area contributed by atoms with Crippen molar-refractivity contribution < 1.29 is 14.1 Å². The van der Waals surface area contributed by atoms with Crippen LogP contribution in [0.2, 0.25) is 5.02 Å². The molecule has 2 aliphatic rings. The first kappa shape index (κ1) is 22.0. The molecule has 0 saturated heterocycles. The summed E-state index contributed by atoms with van der Waals surface area (Å²) in [6.07, 6.45) is 2.48. The average molecular weight is 466 g/mol. The molecule has 1 amide bonds. The Morgan fingerprint density at radius 3 is 2.48 bits per heavy atom. The largest absolute Gasteiger partial charge is 0.444 e. The molecule has 0 aliphatic heterocycles. The number of benzene rings is 2. The molecule has 7 heteroatoms. The molecule has 1 heterocycles. The molecule has 0 unspecified atom stereocenters. The average Bonchev–Trinajstić information content (AvgIpc) is 3.69. The monoisotopic (exact) mass is 465 g/mol. The molecule has 33 heavy (non-hydrogen) atoms. The van der Waals surface area contributed by atoms with E-state index in [1.165, 1.54) is 5.56 Å². The summed E-state index contributed by atoms with van der Waals surface area (Å²) in [5.41, 5.74) is 1.22. The van der Waals surface area contributed by atoms with Crippen LogP contribution in [-0.4, -0.2) is 39.3 Å². The SMILES string of the molecule is CC(C)(C)OC(=O)N(CC1(c2noc(-c3ccc(Cl)cc3)n2)CC1)[C@H]1C[C@@H]1c1ccccc1. The minimum atomic E-state index is -0.558. The molecule has 0 bridgehead atoms. The van der Waals surface area contributed by atoms with Gasteiger partial charge in [0, 0.05) is 29.1 Å². The maximum absolute atomic E-state index is 13.2. The van der Waals surface area contributed by atoms with Crippen molar-refractivity contribution in [1.82, 2.24) is 15.0 Å². The van der Waals surface area contributed by atoms with Gasteiger partial charge in [0.25, 0.3) is 5.89 Å². The van der Waals surface area contributed by atoms with Crippen molar-refractivity contribution in [2.24, 2.45) is 0 Å². The summed E-state index contributed by atoms with van der Waals surface area (Å²) in [6.45, 7) is 6.22. The van der Waals surface area contributed by atoms with Gasteiger partial charge in [-0.1, -0.05) is 47.1 Å². The highest BCUT2D eigenvalue weighted by Gasteiger charge is 2.55. The standard InChI is InChI=1S/C26H28ClN3O3/c1-25(2,3)32-24(31)30(21-15-20(21)17-7-5-4-6-8-17)16-26(13-14-26)23-28-22(33-29-23)18-9-11-19(27)12-10-18/h4-12,20-21H,13-16H2,1-3H3/t20-,21+/m1/s1. The molecule has 2 aromatic carbocycles. The second kappa shape index (κ2) is 8.17. The molecular weight excluding hydrogens is 438 g/mol. The van der Waals surface area contributed by atoms with Gasteiger partial charge in [-0.25, -0.2) is 4.79 Å². The lowest BCUT2D eigenvalue weighted by Crippen LogP contribution is -2.43. The van der Waals surface area contributed by atoms with Crippen LogP contribution in [0, 0.1) is 0 Å². The van der Waals surface area contributed by atoms with Gasteiger partial charge >= 0.3 is 6.09 Å². The second-order valence-corrected chi connectivity index (χ2v) is 10.6. The Kier molecular flexibility index (Phi) is 5.44. The van der Waals surface area contributed by atoms with Crippen molar-refractivity contribution in [3.05, 3.63) is 71.0 Å². The van der Waals surface area contributed by atoms with Crippen molar-refractivity contribution >= 4 is 17.7 Å². The van der Waals surface area contributed by atoms with Crippen LogP contribution in [0.1, 0.15) is 57.3 Å². The van der Waals surface area contributed by atoms with Gasteiger partial charge in [-0.3, -0.25) is 0 Å². The number of halogens is 1. The number of amides is 1. The predicted molar refractivity (Wildman–Crippen MR) is 126 cm³/mol. The number of aromatic nitrogens is 2. The van der Waals surface area contributed by atoms with Crippen LogP contribution >= 0.6 is 11.6 Å². The van der Waals surface area contributed by atoms with Gasteiger partial charge in [0.05, 0.1) is 5.41 Å². The molecule has 2 aliphatic carbocycles. The van der Waals surface area contributed by atoms with Gasteiger partial charge in [0.2, 0.25) is 0 Å². The molecule has 2 atom stereocenters. The quantitative estimate of drug-likeness (QED) is 0.432. The third kappa shape index (κ3) is 4.76. The maximum atomic E-state index is 13.2. The zero-order valence-corrected chi connectivity index (χ0v) is 19.9. The normalized spacial score (nSPS) is 20.8. The Labute approximate surface area is 198 Å². The van der Waals surface area contributed by atoms with E-state index in [1.54, 1.807) is 12.1 Å². The Balaban J connectivity index is 1.37. The van der Waals surface area contributed by atoms with Crippen LogP contribution in [-0.2, 0) is 10.2 Å². The van der Waals surface area contributed by atoms with Gasteiger partial charge in [0.1, 0.15) is 5.60 Å². The van der Waals surface area contributed by atoms with Crippen LogP contribution in [0.15, 0.2) is 59.1 Å². The fourth-order valence-corrected chi connectivity index (χ4v) is 4.43.